The molecule has 1 N–H and O–H groups in total. The van der Waals surface area contributed by atoms with Gasteiger partial charge >= 0.3 is 0 Å². The average molecular weight is 284 g/mol. The smallest absolute Gasteiger partial charge is 0.153 e. The Hall–Kier alpha value is -1.26. The van der Waals surface area contributed by atoms with Gasteiger partial charge in [0.1, 0.15) is 11.6 Å². The molecular formula is C13H11ClFNOS. The molecular weight excluding hydrogens is 273 g/mol. The lowest BCUT2D eigenvalue weighted by atomic mass is 10.1. The predicted octanol–water partition coefficient (Wildman–Crippen LogP) is 4.47. The van der Waals surface area contributed by atoms with Crippen LogP contribution in [0.4, 0.5) is 10.1 Å². The van der Waals surface area contributed by atoms with E-state index in [0.717, 1.165) is 10.6 Å². The Kier molecular flexibility index (Phi) is 2.92. The molecule has 1 aliphatic heterocycles. The normalized spacial score (nSPS) is 21.9. The van der Waals surface area contributed by atoms with Crippen molar-refractivity contribution in [3.8, 4) is 5.75 Å². The van der Waals surface area contributed by atoms with Gasteiger partial charge in [0.2, 0.25) is 0 Å². The number of hydrogen-bond donors (Lipinski definition) is 1. The van der Waals surface area contributed by atoms with Gasteiger partial charge in [-0.15, -0.1) is 11.3 Å². The second-order valence-electron chi connectivity index (χ2n) is 4.25. The summed E-state index contributed by atoms with van der Waals surface area (Å²) in [6, 6.07) is 7.00. The first kappa shape index (κ1) is 11.8. The lowest BCUT2D eigenvalue weighted by molar-refractivity contribution is 0.180. The van der Waals surface area contributed by atoms with Crippen LogP contribution in [0.15, 0.2) is 29.6 Å². The molecule has 18 heavy (non-hydrogen) atoms. The second kappa shape index (κ2) is 4.44. The Morgan fingerprint density at radius 3 is 3.00 bits per heavy atom. The molecule has 0 radical (unpaired) electrons. The van der Waals surface area contributed by atoms with E-state index in [1.807, 2.05) is 24.4 Å². The van der Waals surface area contributed by atoms with Gasteiger partial charge in [0.15, 0.2) is 6.10 Å². The Bertz CT molecular complexity index is 573. The van der Waals surface area contributed by atoms with Crippen LogP contribution in [0.5, 0.6) is 5.75 Å². The fourth-order valence-electron chi connectivity index (χ4n) is 2.06. The van der Waals surface area contributed by atoms with Crippen LogP contribution in [0.1, 0.15) is 17.9 Å². The van der Waals surface area contributed by atoms with Crippen LogP contribution >= 0.6 is 22.9 Å². The first-order chi connectivity index (χ1) is 8.65. The van der Waals surface area contributed by atoms with Crippen molar-refractivity contribution in [2.24, 2.45) is 0 Å². The third kappa shape index (κ3) is 1.95. The number of anilines is 1. The number of hydrogen-bond acceptors (Lipinski definition) is 3. The van der Waals surface area contributed by atoms with Gasteiger partial charge in [0.25, 0.3) is 0 Å². The molecule has 0 aliphatic carbocycles. The van der Waals surface area contributed by atoms with Crippen molar-refractivity contribution in [3.05, 3.63) is 45.4 Å². The number of fused-ring (bicyclic) bond motifs is 1. The van der Waals surface area contributed by atoms with Gasteiger partial charge in [-0.1, -0.05) is 17.7 Å². The van der Waals surface area contributed by atoms with Crippen LogP contribution in [-0.4, -0.2) is 6.04 Å². The molecule has 1 aromatic carbocycles. The van der Waals surface area contributed by atoms with E-state index in [1.54, 1.807) is 17.4 Å². The fourth-order valence-corrected chi connectivity index (χ4v) is 3.08. The van der Waals surface area contributed by atoms with Gasteiger partial charge in [-0.3, -0.25) is 0 Å². The van der Waals surface area contributed by atoms with Crippen LogP contribution in [0, 0.1) is 5.82 Å². The summed E-state index contributed by atoms with van der Waals surface area (Å²) >= 11 is 7.39. The van der Waals surface area contributed by atoms with E-state index in [4.69, 9.17) is 16.3 Å². The topological polar surface area (TPSA) is 21.3 Å². The molecule has 2 unspecified atom stereocenters. The highest BCUT2D eigenvalue weighted by Crippen LogP contribution is 2.40. The van der Waals surface area contributed by atoms with Crippen LogP contribution in [-0.2, 0) is 0 Å². The number of rotatable bonds is 1. The molecule has 2 heterocycles. The fraction of sp³-hybridized carbons (Fsp3) is 0.231. The standard InChI is InChI=1S/C13H11ClFNOS/c1-7-13(12-3-2-4-18-12)17-11-6-9(15)8(14)5-10(11)16-7/h2-7,13,16H,1H3. The molecule has 1 aromatic heterocycles. The number of nitrogens with one attached hydrogen (secondary N) is 1. The summed E-state index contributed by atoms with van der Waals surface area (Å²) in [4.78, 5) is 1.12. The van der Waals surface area contributed by atoms with Gasteiger partial charge in [-0.2, -0.15) is 0 Å². The Morgan fingerprint density at radius 2 is 2.28 bits per heavy atom. The largest absolute Gasteiger partial charge is 0.480 e. The SMILES string of the molecule is CC1Nc2cc(Cl)c(F)cc2OC1c1cccs1. The molecule has 0 spiro atoms. The van der Waals surface area contributed by atoms with Crippen LogP contribution in [0.25, 0.3) is 0 Å². The summed E-state index contributed by atoms with van der Waals surface area (Å²) < 4.78 is 19.3. The van der Waals surface area contributed by atoms with Gasteiger partial charge in [0.05, 0.1) is 16.8 Å². The number of ether oxygens (including phenoxy) is 1. The van der Waals surface area contributed by atoms with Crippen LogP contribution in [0.3, 0.4) is 0 Å². The average Bonchev–Trinajstić information content (AvgIpc) is 2.84. The molecule has 0 bridgehead atoms. The monoisotopic (exact) mass is 283 g/mol. The summed E-state index contributed by atoms with van der Waals surface area (Å²) in [6.07, 6.45) is -0.0990. The van der Waals surface area contributed by atoms with Gasteiger partial charge in [0, 0.05) is 10.9 Å². The third-order valence-corrected chi connectivity index (χ3v) is 4.16. The summed E-state index contributed by atoms with van der Waals surface area (Å²) in [5.41, 5.74) is 0.738. The molecule has 2 aromatic rings. The maximum Gasteiger partial charge on any atom is 0.153 e. The molecule has 2 atom stereocenters. The van der Waals surface area contributed by atoms with Crippen molar-refractivity contribution in [2.45, 2.75) is 19.1 Å². The van der Waals surface area contributed by atoms with E-state index in [9.17, 15) is 4.39 Å². The summed E-state index contributed by atoms with van der Waals surface area (Å²) in [5, 5.41) is 5.40. The predicted molar refractivity (Wildman–Crippen MR) is 72.2 cm³/mol. The lowest BCUT2D eigenvalue weighted by Gasteiger charge is -2.32. The quantitative estimate of drug-likeness (QED) is 0.833. The molecule has 0 saturated heterocycles. The van der Waals surface area contributed by atoms with E-state index in [-0.39, 0.29) is 17.2 Å². The highest BCUT2D eigenvalue weighted by molar-refractivity contribution is 7.10. The van der Waals surface area contributed by atoms with Crippen LogP contribution in [0.2, 0.25) is 5.02 Å². The zero-order valence-electron chi connectivity index (χ0n) is 9.61. The highest BCUT2D eigenvalue weighted by Gasteiger charge is 2.29. The van der Waals surface area contributed by atoms with Gasteiger partial charge in [-0.05, 0) is 24.4 Å². The van der Waals surface area contributed by atoms with Crippen molar-refractivity contribution in [1.82, 2.24) is 0 Å². The summed E-state index contributed by atoms with van der Waals surface area (Å²) in [6.45, 7) is 2.03. The molecule has 3 rings (SSSR count). The summed E-state index contributed by atoms with van der Waals surface area (Å²) in [7, 11) is 0. The molecule has 0 saturated carbocycles. The van der Waals surface area contributed by atoms with Gasteiger partial charge < -0.3 is 10.1 Å². The van der Waals surface area contributed by atoms with E-state index in [0.29, 0.717) is 5.75 Å². The maximum absolute atomic E-state index is 13.4. The molecule has 5 heteroatoms. The minimum atomic E-state index is -0.461. The minimum absolute atomic E-state index is 0.0990. The number of halogens is 2. The summed E-state index contributed by atoms with van der Waals surface area (Å²) in [5.74, 6) is 0.0464. The maximum atomic E-state index is 13.4. The first-order valence-corrected chi connectivity index (χ1v) is 6.86. The lowest BCUT2D eigenvalue weighted by Crippen LogP contribution is -2.32. The van der Waals surface area contributed by atoms with E-state index < -0.39 is 5.82 Å². The highest BCUT2D eigenvalue weighted by atomic mass is 35.5. The zero-order valence-corrected chi connectivity index (χ0v) is 11.2. The Morgan fingerprint density at radius 1 is 1.44 bits per heavy atom. The first-order valence-electron chi connectivity index (χ1n) is 5.61. The Balaban J connectivity index is 1.98. The van der Waals surface area contributed by atoms with Crippen molar-refractivity contribution in [2.75, 3.05) is 5.32 Å². The number of thiophene rings is 1. The van der Waals surface area contributed by atoms with Crippen LogP contribution < -0.4 is 10.1 Å². The molecule has 0 fully saturated rings. The minimum Gasteiger partial charge on any atom is -0.480 e. The second-order valence-corrected chi connectivity index (χ2v) is 5.64. The third-order valence-electron chi connectivity index (χ3n) is 2.94. The molecule has 0 amide bonds. The van der Waals surface area contributed by atoms with Crippen molar-refractivity contribution in [1.29, 1.82) is 0 Å². The molecule has 2 nitrogen and oxygen atoms in total. The van der Waals surface area contributed by atoms with E-state index in [1.165, 1.54) is 6.07 Å². The molecule has 94 valence electrons. The zero-order chi connectivity index (χ0) is 12.7. The van der Waals surface area contributed by atoms with Crippen molar-refractivity contribution in [3.63, 3.8) is 0 Å². The van der Waals surface area contributed by atoms with Crippen molar-refractivity contribution < 1.29 is 9.13 Å². The van der Waals surface area contributed by atoms with Gasteiger partial charge in [-0.25, -0.2) is 4.39 Å². The van der Waals surface area contributed by atoms with E-state index >= 15 is 0 Å². The van der Waals surface area contributed by atoms with Crippen molar-refractivity contribution >= 4 is 28.6 Å². The number of benzene rings is 1. The Labute approximate surface area is 113 Å². The molecule has 1 aliphatic rings. The van der Waals surface area contributed by atoms with E-state index in [2.05, 4.69) is 5.32 Å².